The number of benzene rings is 1. The van der Waals surface area contributed by atoms with Gasteiger partial charge in [-0.2, -0.15) is 0 Å². The fourth-order valence-corrected chi connectivity index (χ4v) is 3.43. The van der Waals surface area contributed by atoms with E-state index in [9.17, 15) is 4.79 Å². The molecule has 0 bridgehead atoms. The van der Waals surface area contributed by atoms with Gasteiger partial charge in [0.1, 0.15) is 5.75 Å². The number of likely N-dealkylation sites (tertiary alicyclic amines) is 1. The zero-order valence-corrected chi connectivity index (χ0v) is 13.4. The number of hydrogen-bond acceptors (Lipinski definition) is 4. The summed E-state index contributed by atoms with van der Waals surface area (Å²) >= 11 is 1.74. The van der Waals surface area contributed by atoms with Gasteiger partial charge in [-0.1, -0.05) is 12.1 Å². The largest absolute Gasteiger partial charge is 0.496 e. The zero-order chi connectivity index (χ0) is 15.1. The highest BCUT2D eigenvalue weighted by atomic mass is 32.2. The van der Waals surface area contributed by atoms with E-state index in [4.69, 9.17) is 10.5 Å². The molecule has 1 saturated heterocycles. The molecule has 1 aliphatic rings. The Balaban J connectivity index is 1.68. The molecule has 0 unspecified atom stereocenters. The molecule has 0 atom stereocenters. The van der Waals surface area contributed by atoms with Crippen LogP contribution in [0.2, 0.25) is 0 Å². The van der Waals surface area contributed by atoms with E-state index in [0.29, 0.717) is 6.42 Å². The van der Waals surface area contributed by atoms with Crippen molar-refractivity contribution in [3.8, 4) is 5.75 Å². The number of carbonyl (C=O) groups is 1. The Hall–Kier alpha value is -1.20. The summed E-state index contributed by atoms with van der Waals surface area (Å²) in [6.07, 6.45) is 3.38. The highest BCUT2D eigenvalue weighted by Gasteiger charge is 2.19. The van der Waals surface area contributed by atoms with E-state index in [1.165, 1.54) is 0 Å². The van der Waals surface area contributed by atoms with Crippen molar-refractivity contribution in [1.29, 1.82) is 0 Å². The Bertz CT molecular complexity index is 459. The average Bonchev–Trinajstić information content (AvgIpc) is 2.52. The molecule has 5 heteroatoms. The number of methoxy groups -OCH3 is 1. The molecule has 1 aromatic rings. The number of para-hydroxylation sites is 1. The number of hydrogen-bond donors (Lipinski definition) is 1. The molecular formula is C16H24N2O2S. The molecule has 1 aromatic carbocycles. The average molecular weight is 308 g/mol. The third-order valence-corrected chi connectivity index (χ3v) is 4.90. The smallest absolute Gasteiger partial charge is 0.222 e. The molecule has 1 aliphatic heterocycles. The quantitative estimate of drug-likeness (QED) is 0.648. The van der Waals surface area contributed by atoms with Crippen LogP contribution in [0.15, 0.2) is 29.2 Å². The van der Waals surface area contributed by atoms with Gasteiger partial charge < -0.3 is 15.4 Å². The highest BCUT2D eigenvalue weighted by molar-refractivity contribution is 7.99. The second kappa shape index (κ2) is 8.29. The van der Waals surface area contributed by atoms with E-state index >= 15 is 0 Å². The minimum atomic E-state index is 0.266. The number of piperidine rings is 1. The lowest BCUT2D eigenvalue weighted by atomic mass is 10.1. The van der Waals surface area contributed by atoms with Crippen LogP contribution in [0, 0.1) is 0 Å². The molecule has 1 heterocycles. The molecule has 4 nitrogen and oxygen atoms in total. The van der Waals surface area contributed by atoms with Gasteiger partial charge in [-0.25, -0.2) is 0 Å². The maximum atomic E-state index is 12.1. The molecular weight excluding hydrogens is 284 g/mol. The van der Waals surface area contributed by atoms with Gasteiger partial charge in [0, 0.05) is 30.4 Å². The van der Waals surface area contributed by atoms with Crippen LogP contribution in [0.5, 0.6) is 5.75 Å². The molecule has 0 aromatic heterocycles. The maximum Gasteiger partial charge on any atom is 0.222 e. The lowest BCUT2D eigenvalue weighted by Gasteiger charge is -2.30. The van der Waals surface area contributed by atoms with Gasteiger partial charge in [-0.3, -0.25) is 4.79 Å². The molecule has 0 radical (unpaired) electrons. The number of nitrogens with zero attached hydrogens (tertiary/aromatic N) is 1. The minimum absolute atomic E-state index is 0.266. The molecule has 2 N–H and O–H groups in total. The maximum absolute atomic E-state index is 12.1. The van der Waals surface area contributed by atoms with E-state index in [0.717, 1.165) is 48.7 Å². The summed E-state index contributed by atoms with van der Waals surface area (Å²) in [5, 5.41) is 0. The molecule has 0 spiro atoms. The van der Waals surface area contributed by atoms with Crippen LogP contribution in [0.25, 0.3) is 0 Å². The Kier molecular flexibility index (Phi) is 6.39. The van der Waals surface area contributed by atoms with E-state index in [1.54, 1.807) is 18.9 Å². The van der Waals surface area contributed by atoms with E-state index in [2.05, 4.69) is 6.07 Å². The first-order valence-corrected chi connectivity index (χ1v) is 8.48. The van der Waals surface area contributed by atoms with E-state index in [-0.39, 0.29) is 11.9 Å². The number of nitrogens with two attached hydrogens (primary N) is 1. The van der Waals surface area contributed by atoms with Crippen LogP contribution in [0.3, 0.4) is 0 Å². The van der Waals surface area contributed by atoms with Crippen LogP contribution < -0.4 is 10.5 Å². The van der Waals surface area contributed by atoms with Crippen molar-refractivity contribution in [3.63, 3.8) is 0 Å². The van der Waals surface area contributed by atoms with Crippen molar-refractivity contribution in [1.82, 2.24) is 4.90 Å². The van der Waals surface area contributed by atoms with Gasteiger partial charge in [-0.05, 0) is 37.1 Å². The highest BCUT2D eigenvalue weighted by Crippen LogP contribution is 2.29. The van der Waals surface area contributed by atoms with Crippen molar-refractivity contribution in [2.45, 2.75) is 36.6 Å². The summed E-state index contributed by atoms with van der Waals surface area (Å²) in [7, 11) is 1.68. The second-order valence-corrected chi connectivity index (χ2v) is 6.46. The first kappa shape index (κ1) is 16.2. The van der Waals surface area contributed by atoms with Crippen molar-refractivity contribution in [2.24, 2.45) is 5.73 Å². The number of carbonyl (C=O) groups excluding carboxylic acids is 1. The van der Waals surface area contributed by atoms with Crippen LogP contribution in [-0.4, -0.2) is 42.8 Å². The Morgan fingerprint density at radius 2 is 2.10 bits per heavy atom. The predicted octanol–water partition coefficient (Wildman–Crippen LogP) is 2.52. The Morgan fingerprint density at radius 3 is 2.81 bits per heavy atom. The van der Waals surface area contributed by atoms with Crippen LogP contribution in [0.4, 0.5) is 0 Å². The summed E-state index contributed by atoms with van der Waals surface area (Å²) < 4.78 is 5.32. The van der Waals surface area contributed by atoms with Crippen LogP contribution in [0.1, 0.15) is 25.7 Å². The molecule has 1 fully saturated rings. The lowest BCUT2D eigenvalue weighted by Crippen LogP contribution is -2.42. The zero-order valence-electron chi connectivity index (χ0n) is 12.6. The van der Waals surface area contributed by atoms with Crippen LogP contribution >= 0.6 is 11.8 Å². The lowest BCUT2D eigenvalue weighted by molar-refractivity contribution is -0.132. The van der Waals surface area contributed by atoms with Gasteiger partial charge in [0.25, 0.3) is 0 Å². The summed E-state index contributed by atoms with van der Waals surface area (Å²) in [5.41, 5.74) is 5.86. The van der Waals surface area contributed by atoms with Gasteiger partial charge in [0.05, 0.1) is 7.11 Å². The fourth-order valence-electron chi connectivity index (χ4n) is 2.45. The first-order valence-electron chi connectivity index (χ1n) is 7.50. The van der Waals surface area contributed by atoms with Gasteiger partial charge in [0.15, 0.2) is 0 Å². The molecule has 0 aliphatic carbocycles. The number of amides is 1. The third kappa shape index (κ3) is 4.93. The summed E-state index contributed by atoms with van der Waals surface area (Å²) in [5.74, 6) is 2.10. The summed E-state index contributed by atoms with van der Waals surface area (Å²) in [6.45, 7) is 1.64. The fraction of sp³-hybridized carbons (Fsp3) is 0.562. The van der Waals surface area contributed by atoms with Crippen molar-refractivity contribution < 1.29 is 9.53 Å². The van der Waals surface area contributed by atoms with Gasteiger partial charge >= 0.3 is 0 Å². The van der Waals surface area contributed by atoms with Crippen LogP contribution in [-0.2, 0) is 4.79 Å². The second-order valence-electron chi connectivity index (χ2n) is 5.32. The Labute approximate surface area is 131 Å². The monoisotopic (exact) mass is 308 g/mol. The molecule has 0 saturated carbocycles. The topological polar surface area (TPSA) is 55.6 Å². The normalized spacial score (nSPS) is 16.0. The molecule has 2 rings (SSSR count). The SMILES string of the molecule is COc1ccccc1SCCCC(=O)N1CCC(N)CC1. The standard InChI is InChI=1S/C16H24N2O2S/c1-20-14-5-2-3-6-15(14)21-12-4-7-16(19)18-10-8-13(17)9-11-18/h2-3,5-6,13H,4,7-12,17H2,1H3. The summed E-state index contributed by atoms with van der Waals surface area (Å²) in [4.78, 5) is 15.2. The molecule has 116 valence electrons. The number of thioether (sulfide) groups is 1. The van der Waals surface area contributed by atoms with Crippen molar-refractivity contribution in [3.05, 3.63) is 24.3 Å². The number of rotatable bonds is 6. The van der Waals surface area contributed by atoms with E-state index in [1.807, 2.05) is 23.1 Å². The Morgan fingerprint density at radius 1 is 1.38 bits per heavy atom. The summed E-state index contributed by atoms with van der Waals surface area (Å²) in [6, 6.07) is 8.26. The van der Waals surface area contributed by atoms with E-state index < -0.39 is 0 Å². The van der Waals surface area contributed by atoms with Crippen molar-refractivity contribution >= 4 is 17.7 Å². The third-order valence-electron chi connectivity index (χ3n) is 3.75. The predicted molar refractivity (Wildman–Crippen MR) is 86.7 cm³/mol. The molecule has 21 heavy (non-hydrogen) atoms. The van der Waals surface area contributed by atoms with Crippen molar-refractivity contribution in [2.75, 3.05) is 26.0 Å². The molecule has 1 amide bonds. The van der Waals surface area contributed by atoms with Gasteiger partial charge in [0.2, 0.25) is 5.91 Å². The first-order chi connectivity index (χ1) is 10.2. The van der Waals surface area contributed by atoms with Gasteiger partial charge in [-0.15, -0.1) is 11.8 Å². The minimum Gasteiger partial charge on any atom is -0.496 e. The number of ether oxygens (including phenoxy) is 1.